The fourth-order valence-corrected chi connectivity index (χ4v) is 2.42. The van der Waals surface area contributed by atoms with Crippen molar-refractivity contribution in [3.8, 4) is 11.5 Å². The van der Waals surface area contributed by atoms with E-state index >= 15 is 0 Å². The average molecular weight is 344 g/mol. The van der Waals surface area contributed by atoms with Gasteiger partial charge in [0.1, 0.15) is 11.5 Å². The largest absolute Gasteiger partial charge is 0.497 e. The van der Waals surface area contributed by atoms with Gasteiger partial charge in [-0.25, -0.2) is 0 Å². The third-order valence-electron chi connectivity index (χ3n) is 3.50. The molecule has 0 saturated carbocycles. The minimum absolute atomic E-state index is 0.132. The molecule has 7 heteroatoms. The standard InChI is InChI=1S/C18H24N4O3/c1-6-8-13-10-14(24-4)11-15(25-5)16(13)12(3)22(9-7-2)18(21-20)17(19)23/h6-7,10-11H,1-3,8-9,20H2,4-5H3,(H2,19,23)/b21-18-. The molecule has 0 aromatic heterocycles. The lowest BCUT2D eigenvalue weighted by molar-refractivity contribution is -0.112. The molecule has 0 heterocycles. The van der Waals surface area contributed by atoms with Crippen LogP contribution in [0.1, 0.15) is 11.1 Å². The molecular weight excluding hydrogens is 320 g/mol. The van der Waals surface area contributed by atoms with E-state index in [0.29, 0.717) is 29.2 Å². The normalized spacial score (nSPS) is 10.7. The second-order valence-corrected chi connectivity index (χ2v) is 5.02. The zero-order valence-electron chi connectivity index (χ0n) is 14.6. The van der Waals surface area contributed by atoms with E-state index in [1.807, 2.05) is 6.07 Å². The molecule has 0 spiro atoms. The van der Waals surface area contributed by atoms with Crippen molar-refractivity contribution < 1.29 is 14.3 Å². The van der Waals surface area contributed by atoms with Gasteiger partial charge in [-0.05, 0) is 18.1 Å². The number of carbonyl (C=O) groups excluding carboxylic acids is 1. The lowest BCUT2D eigenvalue weighted by Gasteiger charge is -2.27. The van der Waals surface area contributed by atoms with Crippen LogP contribution in [0, 0.1) is 0 Å². The van der Waals surface area contributed by atoms with E-state index in [1.165, 1.54) is 12.0 Å². The van der Waals surface area contributed by atoms with E-state index in [9.17, 15) is 4.79 Å². The van der Waals surface area contributed by atoms with Gasteiger partial charge in [-0.3, -0.25) is 4.79 Å². The van der Waals surface area contributed by atoms with Gasteiger partial charge in [0.15, 0.2) is 0 Å². The van der Waals surface area contributed by atoms with Crippen LogP contribution in [0.5, 0.6) is 11.5 Å². The number of rotatable bonds is 8. The van der Waals surface area contributed by atoms with E-state index in [4.69, 9.17) is 21.1 Å². The molecule has 0 unspecified atom stereocenters. The number of hydrogen-bond acceptors (Lipinski definition) is 5. The van der Waals surface area contributed by atoms with Crippen molar-refractivity contribution >= 4 is 17.4 Å². The van der Waals surface area contributed by atoms with Crippen LogP contribution >= 0.6 is 0 Å². The van der Waals surface area contributed by atoms with Crippen molar-refractivity contribution in [3.05, 3.63) is 55.1 Å². The number of hydrazone groups is 1. The molecule has 1 rings (SSSR count). The first-order valence-corrected chi connectivity index (χ1v) is 7.46. The van der Waals surface area contributed by atoms with Crippen LogP contribution in [0.15, 0.2) is 49.1 Å². The van der Waals surface area contributed by atoms with Crippen LogP contribution in [0.2, 0.25) is 0 Å². The van der Waals surface area contributed by atoms with Crippen LogP contribution in [-0.4, -0.2) is 37.4 Å². The molecule has 7 nitrogen and oxygen atoms in total. The summed E-state index contributed by atoms with van der Waals surface area (Å²) in [4.78, 5) is 13.2. The fourth-order valence-electron chi connectivity index (χ4n) is 2.42. The quantitative estimate of drug-likeness (QED) is 0.245. The average Bonchev–Trinajstić information content (AvgIpc) is 2.60. The third kappa shape index (κ3) is 4.41. The van der Waals surface area contributed by atoms with Crippen LogP contribution in [0.4, 0.5) is 0 Å². The molecule has 134 valence electrons. The Morgan fingerprint density at radius 2 is 1.96 bits per heavy atom. The highest BCUT2D eigenvalue weighted by molar-refractivity contribution is 6.38. The molecule has 1 aromatic carbocycles. The first-order valence-electron chi connectivity index (χ1n) is 7.46. The number of ether oxygens (including phenoxy) is 2. The van der Waals surface area contributed by atoms with E-state index in [0.717, 1.165) is 5.56 Å². The summed E-state index contributed by atoms with van der Waals surface area (Å²) < 4.78 is 10.8. The van der Waals surface area contributed by atoms with Crippen molar-refractivity contribution in [1.29, 1.82) is 0 Å². The Morgan fingerprint density at radius 3 is 2.40 bits per heavy atom. The molecule has 0 saturated heterocycles. The molecule has 25 heavy (non-hydrogen) atoms. The topological polar surface area (TPSA) is 103 Å². The Kier molecular flexibility index (Phi) is 7.27. The molecule has 0 aliphatic heterocycles. The third-order valence-corrected chi connectivity index (χ3v) is 3.50. The molecule has 0 atom stereocenters. The van der Waals surface area contributed by atoms with E-state index < -0.39 is 5.91 Å². The van der Waals surface area contributed by atoms with Gasteiger partial charge in [0.25, 0.3) is 5.91 Å². The predicted molar refractivity (Wildman–Crippen MR) is 100 cm³/mol. The summed E-state index contributed by atoms with van der Waals surface area (Å²) in [5, 5.41) is 3.49. The molecule has 0 aliphatic rings. The monoisotopic (exact) mass is 344 g/mol. The van der Waals surface area contributed by atoms with Gasteiger partial charge < -0.3 is 25.9 Å². The summed E-state index contributed by atoms with van der Waals surface area (Å²) >= 11 is 0. The van der Waals surface area contributed by atoms with Gasteiger partial charge in [-0.1, -0.05) is 18.7 Å². The Hall–Kier alpha value is -3.22. The number of amidine groups is 1. The number of nitrogens with two attached hydrogens (primary N) is 2. The smallest absolute Gasteiger partial charge is 0.286 e. The maximum absolute atomic E-state index is 11.7. The zero-order valence-corrected chi connectivity index (χ0v) is 14.6. The van der Waals surface area contributed by atoms with Crippen molar-refractivity contribution in [2.75, 3.05) is 20.8 Å². The Labute approximate surface area is 147 Å². The number of amides is 1. The number of carbonyl (C=O) groups is 1. The van der Waals surface area contributed by atoms with Gasteiger partial charge >= 0.3 is 0 Å². The Bertz CT molecular complexity index is 711. The molecule has 0 radical (unpaired) electrons. The maximum Gasteiger partial charge on any atom is 0.286 e. The molecule has 0 bridgehead atoms. The molecule has 1 amide bonds. The number of hydrogen-bond donors (Lipinski definition) is 2. The van der Waals surface area contributed by atoms with Crippen molar-refractivity contribution in [2.45, 2.75) is 6.42 Å². The number of methoxy groups -OCH3 is 2. The molecule has 1 aromatic rings. The molecule has 0 fully saturated rings. The van der Waals surface area contributed by atoms with Crippen molar-refractivity contribution in [2.24, 2.45) is 16.7 Å². The van der Waals surface area contributed by atoms with Crippen LogP contribution in [-0.2, 0) is 11.2 Å². The Morgan fingerprint density at radius 1 is 1.28 bits per heavy atom. The maximum atomic E-state index is 11.7. The number of nitrogens with zero attached hydrogens (tertiary/aromatic N) is 2. The summed E-state index contributed by atoms with van der Waals surface area (Å²) in [6, 6.07) is 3.57. The summed E-state index contributed by atoms with van der Waals surface area (Å²) in [5.74, 6) is 5.58. The highest BCUT2D eigenvalue weighted by atomic mass is 16.5. The van der Waals surface area contributed by atoms with Crippen LogP contribution in [0.3, 0.4) is 0 Å². The lowest BCUT2D eigenvalue weighted by atomic mass is 9.99. The second-order valence-electron chi connectivity index (χ2n) is 5.02. The minimum Gasteiger partial charge on any atom is -0.497 e. The zero-order chi connectivity index (χ0) is 19.0. The highest BCUT2D eigenvalue weighted by Gasteiger charge is 2.24. The SMILES string of the molecule is C=CCc1cc(OC)cc(OC)c1C(=C)N(CC=C)/C(=N\N)C(N)=O. The van der Waals surface area contributed by atoms with Gasteiger partial charge in [-0.15, -0.1) is 13.2 Å². The predicted octanol–water partition coefficient (Wildman–Crippen LogP) is 1.65. The summed E-state index contributed by atoms with van der Waals surface area (Å²) in [6.07, 6.45) is 3.87. The summed E-state index contributed by atoms with van der Waals surface area (Å²) in [5.41, 5.74) is 7.34. The van der Waals surface area contributed by atoms with Crippen molar-refractivity contribution in [3.63, 3.8) is 0 Å². The summed E-state index contributed by atoms with van der Waals surface area (Å²) in [6.45, 7) is 11.8. The van der Waals surface area contributed by atoms with Gasteiger partial charge in [0.2, 0.25) is 5.84 Å². The number of benzene rings is 1. The number of primary amides is 1. The van der Waals surface area contributed by atoms with Crippen LogP contribution < -0.4 is 21.1 Å². The second kappa shape index (κ2) is 9.17. The van der Waals surface area contributed by atoms with E-state index in [2.05, 4.69) is 24.8 Å². The van der Waals surface area contributed by atoms with Crippen molar-refractivity contribution in [1.82, 2.24) is 4.90 Å². The number of allylic oxidation sites excluding steroid dienone is 1. The van der Waals surface area contributed by atoms with E-state index in [1.54, 1.807) is 25.3 Å². The van der Waals surface area contributed by atoms with Crippen LogP contribution in [0.25, 0.3) is 5.70 Å². The Balaban J connectivity index is 3.58. The lowest BCUT2D eigenvalue weighted by Crippen LogP contribution is -2.40. The van der Waals surface area contributed by atoms with Gasteiger partial charge in [0, 0.05) is 23.9 Å². The highest BCUT2D eigenvalue weighted by Crippen LogP contribution is 2.35. The molecule has 4 N–H and O–H groups in total. The first kappa shape index (κ1) is 19.8. The van der Waals surface area contributed by atoms with Gasteiger partial charge in [-0.2, -0.15) is 5.10 Å². The van der Waals surface area contributed by atoms with Gasteiger partial charge in [0.05, 0.1) is 14.2 Å². The summed E-state index contributed by atoms with van der Waals surface area (Å²) in [7, 11) is 3.10. The minimum atomic E-state index is -0.775. The van der Waals surface area contributed by atoms with E-state index in [-0.39, 0.29) is 12.4 Å². The molecule has 0 aliphatic carbocycles. The fraction of sp³-hybridized carbons (Fsp3) is 0.222. The molecular formula is C18H24N4O3. The first-order chi connectivity index (χ1) is 11.9.